The Morgan fingerprint density at radius 3 is 2.84 bits per heavy atom. The first-order valence-electron chi connectivity index (χ1n) is 6.16. The lowest BCUT2D eigenvalue weighted by molar-refractivity contribution is -0.128. The summed E-state index contributed by atoms with van der Waals surface area (Å²) in [5, 5.41) is 2.61. The average Bonchev–Trinajstić information content (AvgIpc) is 2.81. The number of aromatic amines is 1. The second-order valence-electron chi connectivity index (χ2n) is 5.04. The third-order valence-corrected chi connectivity index (χ3v) is 3.59. The van der Waals surface area contributed by atoms with Crippen molar-refractivity contribution in [1.82, 2.24) is 15.2 Å². The molecule has 0 saturated carbocycles. The number of H-pyrrole nitrogens is 1. The highest BCUT2D eigenvalue weighted by molar-refractivity contribution is 5.95. The summed E-state index contributed by atoms with van der Waals surface area (Å²) >= 11 is 0. The first-order valence-corrected chi connectivity index (χ1v) is 6.16. The van der Waals surface area contributed by atoms with Crippen LogP contribution in [0.1, 0.15) is 23.7 Å². The monoisotopic (exact) mass is 263 g/mol. The SMILES string of the molecule is CNC(=O)C1(C)CCN(C(=O)c2c[nH]ccc2=O)C1. The molecule has 2 heterocycles. The van der Waals surface area contributed by atoms with Gasteiger partial charge in [0.15, 0.2) is 5.43 Å². The smallest absolute Gasteiger partial charge is 0.259 e. The molecule has 0 aliphatic carbocycles. The van der Waals surface area contributed by atoms with Crippen LogP contribution in [0.2, 0.25) is 0 Å². The van der Waals surface area contributed by atoms with E-state index in [0.717, 1.165) is 0 Å². The molecule has 1 aliphatic rings. The van der Waals surface area contributed by atoms with E-state index in [4.69, 9.17) is 0 Å². The van der Waals surface area contributed by atoms with E-state index < -0.39 is 5.41 Å². The third kappa shape index (κ3) is 2.38. The molecule has 0 bridgehead atoms. The number of nitrogens with one attached hydrogen (secondary N) is 2. The summed E-state index contributed by atoms with van der Waals surface area (Å²) in [5.74, 6) is -0.403. The lowest BCUT2D eigenvalue weighted by Crippen LogP contribution is -2.41. The molecule has 2 amide bonds. The summed E-state index contributed by atoms with van der Waals surface area (Å²) in [5.41, 5.74) is -0.771. The van der Waals surface area contributed by atoms with Crippen LogP contribution >= 0.6 is 0 Å². The maximum absolute atomic E-state index is 12.2. The van der Waals surface area contributed by atoms with Crippen LogP contribution in [-0.2, 0) is 4.79 Å². The number of pyridine rings is 1. The van der Waals surface area contributed by atoms with Gasteiger partial charge in [0.05, 0.1) is 5.41 Å². The molecule has 1 atom stereocenters. The fourth-order valence-corrected chi connectivity index (χ4v) is 2.38. The lowest BCUT2D eigenvalue weighted by atomic mass is 9.89. The number of likely N-dealkylation sites (tertiary alicyclic amines) is 1. The van der Waals surface area contributed by atoms with Crippen LogP contribution in [0.15, 0.2) is 23.3 Å². The van der Waals surface area contributed by atoms with Crippen molar-refractivity contribution >= 4 is 11.8 Å². The third-order valence-electron chi connectivity index (χ3n) is 3.59. The van der Waals surface area contributed by atoms with E-state index in [2.05, 4.69) is 10.3 Å². The van der Waals surface area contributed by atoms with Gasteiger partial charge in [-0.15, -0.1) is 0 Å². The van der Waals surface area contributed by atoms with Crippen LogP contribution in [0.3, 0.4) is 0 Å². The Labute approximate surface area is 110 Å². The van der Waals surface area contributed by atoms with Crippen LogP contribution in [0.4, 0.5) is 0 Å². The molecule has 0 spiro atoms. The fourth-order valence-electron chi connectivity index (χ4n) is 2.38. The molecule has 1 saturated heterocycles. The Morgan fingerprint density at radius 2 is 2.21 bits per heavy atom. The van der Waals surface area contributed by atoms with Gasteiger partial charge in [0.1, 0.15) is 5.56 Å². The van der Waals surface area contributed by atoms with Gasteiger partial charge < -0.3 is 15.2 Å². The maximum atomic E-state index is 12.2. The summed E-state index contributed by atoms with van der Waals surface area (Å²) in [6.45, 7) is 2.64. The second-order valence-corrected chi connectivity index (χ2v) is 5.04. The van der Waals surface area contributed by atoms with Crippen LogP contribution in [0.5, 0.6) is 0 Å². The molecule has 1 aromatic heterocycles. The summed E-state index contributed by atoms with van der Waals surface area (Å²) in [6, 6.07) is 1.32. The van der Waals surface area contributed by atoms with Gasteiger partial charge in [-0.1, -0.05) is 0 Å². The molecule has 1 aliphatic heterocycles. The van der Waals surface area contributed by atoms with E-state index in [1.165, 1.54) is 18.5 Å². The number of aromatic nitrogens is 1. The van der Waals surface area contributed by atoms with Crippen molar-refractivity contribution < 1.29 is 9.59 Å². The molecule has 0 aromatic carbocycles. The Hall–Kier alpha value is -2.11. The minimum Gasteiger partial charge on any atom is -0.367 e. The summed E-state index contributed by atoms with van der Waals surface area (Å²) in [4.78, 5) is 39.9. The van der Waals surface area contributed by atoms with E-state index in [1.54, 1.807) is 11.9 Å². The van der Waals surface area contributed by atoms with E-state index in [0.29, 0.717) is 19.5 Å². The van der Waals surface area contributed by atoms with Crippen LogP contribution < -0.4 is 10.7 Å². The molecule has 102 valence electrons. The average molecular weight is 263 g/mol. The molecule has 6 heteroatoms. The zero-order valence-electron chi connectivity index (χ0n) is 11.0. The first kappa shape index (κ1) is 13.3. The Morgan fingerprint density at radius 1 is 1.47 bits per heavy atom. The van der Waals surface area contributed by atoms with Crippen molar-refractivity contribution in [3.8, 4) is 0 Å². The van der Waals surface area contributed by atoms with E-state index in [9.17, 15) is 14.4 Å². The molecule has 1 unspecified atom stereocenters. The molecule has 2 rings (SSSR count). The number of amides is 2. The van der Waals surface area contributed by atoms with Gasteiger partial charge in [-0.05, 0) is 13.3 Å². The van der Waals surface area contributed by atoms with Crippen molar-refractivity contribution in [1.29, 1.82) is 0 Å². The highest BCUT2D eigenvalue weighted by Gasteiger charge is 2.41. The van der Waals surface area contributed by atoms with E-state index >= 15 is 0 Å². The fraction of sp³-hybridized carbons (Fsp3) is 0.462. The Balaban J connectivity index is 2.18. The Kier molecular flexibility index (Phi) is 3.42. The van der Waals surface area contributed by atoms with Gasteiger partial charge in [0.2, 0.25) is 5.91 Å². The van der Waals surface area contributed by atoms with Gasteiger partial charge >= 0.3 is 0 Å². The molecule has 1 fully saturated rings. The van der Waals surface area contributed by atoms with Gasteiger partial charge in [-0.25, -0.2) is 0 Å². The molecule has 19 heavy (non-hydrogen) atoms. The summed E-state index contributed by atoms with van der Waals surface area (Å²) < 4.78 is 0. The van der Waals surface area contributed by atoms with Gasteiger partial charge in [0.25, 0.3) is 5.91 Å². The predicted molar refractivity (Wildman–Crippen MR) is 69.8 cm³/mol. The van der Waals surface area contributed by atoms with Gasteiger partial charge in [-0.2, -0.15) is 0 Å². The molecule has 1 aromatic rings. The van der Waals surface area contributed by atoms with Crippen molar-refractivity contribution in [2.75, 3.05) is 20.1 Å². The van der Waals surface area contributed by atoms with Crippen molar-refractivity contribution in [2.45, 2.75) is 13.3 Å². The standard InChI is InChI=1S/C13H17N3O3/c1-13(12(19)14-2)4-6-16(8-13)11(18)9-7-15-5-3-10(9)17/h3,5,7H,4,6,8H2,1-2H3,(H,14,19)(H,15,17). The zero-order valence-corrected chi connectivity index (χ0v) is 11.0. The second kappa shape index (κ2) is 4.87. The number of carbonyl (C=O) groups is 2. The molecular weight excluding hydrogens is 246 g/mol. The van der Waals surface area contributed by atoms with Gasteiger partial charge in [-0.3, -0.25) is 14.4 Å². The first-order chi connectivity index (χ1) is 8.98. The maximum Gasteiger partial charge on any atom is 0.259 e. The summed E-state index contributed by atoms with van der Waals surface area (Å²) in [6.07, 6.45) is 3.49. The van der Waals surface area contributed by atoms with Crippen LogP contribution in [0, 0.1) is 5.41 Å². The molecular formula is C13H17N3O3. The summed E-state index contributed by atoms with van der Waals surface area (Å²) in [7, 11) is 1.58. The topological polar surface area (TPSA) is 82.3 Å². The quantitative estimate of drug-likeness (QED) is 0.786. The Bertz CT molecular complexity index is 566. The van der Waals surface area contributed by atoms with Crippen molar-refractivity contribution in [2.24, 2.45) is 5.41 Å². The minimum absolute atomic E-state index is 0.0789. The van der Waals surface area contributed by atoms with Crippen molar-refractivity contribution in [3.05, 3.63) is 34.2 Å². The van der Waals surface area contributed by atoms with Crippen LogP contribution in [-0.4, -0.2) is 41.8 Å². The number of hydrogen-bond acceptors (Lipinski definition) is 3. The normalized spacial score (nSPS) is 22.3. The number of hydrogen-bond donors (Lipinski definition) is 2. The molecule has 0 radical (unpaired) electrons. The lowest BCUT2D eigenvalue weighted by Gasteiger charge is -2.22. The molecule has 2 N–H and O–H groups in total. The highest BCUT2D eigenvalue weighted by Crippen LogP contribution is 2.30. The minimum atomic E-state index is -0.577. The zero-order chi connectivity index (χ0) is 14.0. The number of rotatable bonds is 2. The highest BCUT2D eigenvalue weighted by atomic mass is 16.2. The largest absolute Gasteiger partial charge is 0.367 e. The number of carbonyl (C=O) groups excluding carboxylic acids is 2. The van der Waals surface area contributed by atoms with E-state index in [1.807, 2.05) is 6.92 Å². The van der Waals surface area contributed by atoms with Crippen LogP contribution in [0.25, 0.3) is 0 Å². The van der Waals surface area contributed by atoms with E-state index in [-0.39, 0.29) is 22.8 Å². The van der Waals surface area contributed by atoms with Gasteiger partial charge in [0, 0.05) is 38.6 Å². The molecule has 6 nitrogen and oxygen atoms in total. The predicted octanol–water partition coefficient (Wildman–Crippen LogP) is -0.0269. The number of nitrogens with zero attached hydrogens (tertiary/aromatic N) is 1. The van der Waals surface area contributed by atoms with Crippen molar-refractivity contribution in [3.63, 3.8) is 0 Å².